The van der Waals surface area contributed by atoms with E-state index in [4.69, 9.17) is 9.40 Å². The molecule has 4 aromatic carbocycles. The van der Waals surface area contributed by atoms with Crippen LogP contribution in [0.2, 0.25) is 6.55 Å². The number of hydrogen-bond donors (Lipinski definition) is 1. The summed E-state index contributed by atoms with van der Waals surface area (Å²) in [5.41, 5.74) is 5.14. The van der Waals surface area contributed by atoms with Gasteiger partial charge in [0.15, 0.2) is 13.9 Å². The minimum Gasteiger partial charge on any atom is -0.512 e. The molecule has 2 heterocycles. The molecule has 4 nitrogen and oxygen atoms in total. The molecule has 0 amide bonds. The number of benzene rings is 4. The molecule has 0 bridgehead atoms. The molecule has 0 fully saturated rings. The largest absolute Gasteiger partial charge is 0.512 e. The molecule has 0 saturated heterocycles. The van der Waals surface area contributed by atoms with Crippen LogP contribution in [0.1, 0.15) is 85.3 Å². The Labute approximate surface area is 337 Å². The van der Waals surface area contributed by atoms with Crippen molar-refractivity contribution in [3.63, 3.8) is 0 Å². The molecule has 6 rings (SSSR count). The molecule has 6 aromatic rings. The number of aromatic nitrogens is 1. The molecule has 0 aliphatic rings. The zero-order chi connectivity index (χ0) is 38.3. The third-order valence-corrected chi connectivity index (χ3v) is 15.3. The number of fused-ring (bicyclic) bond motifs is 2. The van der Waals surface area contributed by atoms with Gasteiger partial charge in [0.2, 0.25) is 0 Å². The average molecular weight is 915 g/mol. The van der Waals surface area contributed by atoms with Gasteiger partial charge in [-0.15, -0.1) is 29.1 Å². The maximum atomic E-state index is 11.7. The van der Waals surface area contributed by atoms with Gasteiger partial charge in [-0.25, -0.2) is 0 Å². The van der Waals surface area contributed by atoms with E-state index in [0.717, 1.165) is 58.7 Å². The Bertz CT molecular complexity index is 2140. The number of aryl methyl sites for hydroxylation is 1. The van der Waals surface area contributed by atoms with E-state index in [1.165, 1.54) is 33.0 Å². The van der Waals surface area contributed by atoms with Gasteiger partial charge in [0, 0.05) is 55.3 Å². The number of nitrogens with zero attached hydrogens (tertiary/aromatic N) is 1. The predicted molar refractivity (Wildman–Crippen MR) is 226 cm³/mol. The molecule has 0 atom stereocenters. The standard InChI is InChI=1S/C35H32NOSi.C13H24O2.Ir/c1-24-29-20-21-36-32(26-22-25-14-12-13-19-30(25)31(23-26)35(2,3)4)33(29)37-34(24)38(5,27-15-8-6-9-16-27)28-17-10-7-11-18-28;1-5-10(6-2)12(14)9-13(15)11(7-3)8-4;/h6-21,23H,1-5H3;9-11,14H,5-8H2,1-4H3;/q-1;;/b;12-9-;. The van der Waals surface area contributed by atoms with Crippen molar-refractivity contribution in [1.29, 1.82) is 0 Å². The Morgan fingerprint density at radius 3 is 1.89 bits per heavy atom. The Kier molecular flexibility index (Phi) is 14.6. The number of aliphatic hydroxyl groups excluding tert-OH is 1. The third kappa shape index (κ3) is 8.89. The maximum Gasteiger partial charge on any atom is 0.190 e. The summed E-state index contributed by atoms with van der Waals surface area (Å²) >= 11 is 0. The van der Waals surface area contributed by atoms with Crippen LogP contribution in [-0.2, 0) is 30.3 Å². The number of rotatable bonds is 11. The number of pyridine rings is 1. The van der Waals surface area contributed by atoms with E-state index in [0.29, 0.717) is 0 Å². The van der Waals surface area contributed by atoms with Gasteiger partial charge in [-0.05, 0) is 60.0 Å². The number of hydrogen-bond acceptors (Lipinski definition) is 4. The Hall–Kier alpha value is -4.09. The van der Waals surface area contributed by atoms with Gasteiger partial charge in [0.25, 0.3) is 0 Å². The van der Waals surface area contributed by atoms with Crippen molar-refractivity contribution < 1.29 is 34.4 Å². The fourth-order valence-electron chi connectivity index (χ4n) is 7.55. The van der Waals surface area contributed by atoms with Crippen LogP contribution in [0.25, 0.3) is 33.0 Å². The van der Waals surface area contributed by atoms with Gasteiger partial charge >= 0.3 is 0 Å². The Morgan fingerprint density at radius 1 is 0.815 bits per heavy atom. The van der Waals surface area contributed by atoms with Crippen LogP contribution in [0.3, 0.4) is 0 Å². The van der Waals surface area contributed by atoms with Crippen molar-refractivity contribution in [1.82, 2.24) is 4.98 Å². The number of carbonyl (C=O) groups is 1. The van der Waals surface area contributed by atoms with Crippen LogP contribution in [0.5, 0.6) is 0 Å². The second kappa shape index (κ2) is 18.5. The van der Waals surface area contributed by atoms with Crippen molar-refractivity contribution >= 4 is 51.4 Å². The van der Waals surface area contributed by atoms with Crippen LogP contribution in [0, 0.1) is 24.8 Å². The molecular weight excluding hydrogens is 859 g/mol. The van der Waals surface area contributed by atoms with Gasteiger partial charge in [0.05, 0.1) is 11.1 Å². The normalized spacial score (nSPS) is 12.2. The second-order valence-corrected chi connectivity index (χ2v) is 19.2. The maximum absolute atomic E-state index is 11.7. The fraction of sp³-hybridized carbons (Fsp3) is 0.333. The van der Waals surface area contributed by atoms with Crippen molar-refractivity contribution in [2.75, 3.05) is 0 Å². The van der Waals surface area contributed by atoms with Crippen LogP contribution >= 0.6 is 0 Å². The molecule has 0 spiro atoms. The first-order valence-corrected chi connectivity index (χ1v) is 21.8. The van der Waals surface area contributed by atoms with Crippen LogP contribution in [-0.4, -0.2) is 23.9 Å². The summed E-state index contributed by atoms with van der Waals surface area (Å²) in [5.74, 6) is 0.547. The molecule has 2 aromatic heterocycles. The third-order valence-electron chi connectivity index (χ3n) is 10.9. The number of allylic oxidation sites excluding steroid dienone is 2. The van der Waals surface area contributed by atoms with E-state index < -0.39 is 8.07 Å². The topological polar surface area (TPSA) is 63.3 Å². The number of furan rings is 1. The van der Waals surface area contributed by atoms with E-state index in [2.05, 4.69) is 137 Å². The minimum absolute atomic E-state index is 0. The number of aliphatic hydroxyl groups is 1. The van der Waals surface area contributed by atoms with Crippen LogP contribution in [0.15, 0.2) is 120 Å². The van der Waals surface area contributed by atoms with E-state index in [-0.39, 0.29) is 48.9 Å². The Balaban J connectivity index is 0.000000347. The van der Waals surface area contributed by atoms with Crippen LogP contribution < -0.4 is 15.8 Å². The molecule has 0 aliphatic carbocycles. The van der Waals surface area contributed by atoms with Gasteiger partial charge in [-0.3, -0.25) is 9.78 Å². The zero-order valence-corrected chi connectivity index (χ0v) is 36.8. The summed E-state index contributed by atoms with van der Waals surface area (Å²) < 4.78 is 6.98. The minimum atomic E-state index is -2.42. The second-order valence-electron chi connectivity index (χ2n) is 15.3. The SMILES string of the molecule is CCC(CC)C(=O)/C=C(\O)C(CC)CC.Cc1c([Si](C)(c2ccccc2)c2ccccc2)oc2c(-c3[c-]c4ccccc4c(C(C)(C)C)c3)nccc12.[Ir]. The van der Waals surface area contributed by atoms with Gasteiger partial charge in [0.1, 0.15) is 5.58 Å². The fourth-order valence-corrected chi connectivity index (χ4v) is 11.3. The van der Waals surface area contributed by atoms with Gasteiger partial charge in [-0.2, -0.15) is 0 Å². The summed E-state index contributed by atoms with van der Waals surface area (Å²) in [4.78, 5) is 16.6. The summed E-state index contributed by atoms with van der Waals surface area (Å²) in [6, 6.07) is 38.2. The van der Waals surface area contributed by atoms with Crippen molar-refractivity contribution in [2.24, 2.45) is 11.8 Å². The summed E-state index contributed by atoms with van der Waals surface area (Å²) in [6.07, 6.45) is 6.82. The molecule has 54 heavy (non-hydrogen) atoms. The quantitative estimate of drug-likeness (QED) is 0.0609. The smallest absolute Gasteiger partial charge is 0.190 e. The first-order chi connectivity index (χ1) is 25.4. The van der Waals surface area contributed by atoms with Crippen molar-refractivity contribution in [3.8, 4) is 11.3 Å². The molecule has 1 N–H and O–H groups in total. The van der Waals surface area contributed by atoms with Crippen molar-refractivity contribution in [2.45, 2.75) is 93.0 Å². The Morgan fingerprint density at radius 2 is 1.35 bits per heavy atom. The van der Waals surface area contributed by atoms with Gasteiger partial charge < -0.3 is 9.52 Å². The summed E-state index contributed by atoms with van der Waals surface area (Å²) in [5, 5.41) is 17.0. The van der Waals surface area contributed by atoms with E-state index >= 15 is 0 Å². The molecule has 0 aliphatic heterocycles. The van der Waals surface area contributed by atoms with Crippen LogP contribution in [0.4, 0.5) is 0 Å². The summed E-state index contributed by atoms with van der Waals surface area (Å²) in [6.45, 7) is 19.5. The first kappa shape index (κ1) is 42.6. The molecule has 6 heteroatoms. The van der Waals surface area contributed by atoms with Gasteiger partial charge in [-0.1, -0.05) is 145 Å². The average Bonchev–Trinajstić information content (AvgIpc) is 3.52. The molecule has 285 valence electrons. The number of carbonyl (C=O) groups excluding carboxylic acids is 1. The van der Waals surface area contributed by atoms with E-state index in [1.54, 1.807) is 0 Å². The molecule has 1 radical (unpaired) electrons. The monoisotopic (exact) mass is 915 g/mol. The first-order valence-electron chi connectivity index (χ1n) is 19.3. The molecular formula is C48H56IrNO3Si-. The van der Waals surface area contributed by atoms with Crippen molar-refractivity contribution in [3.05, 3.63) is 132 Å². The molecule has 0 unspecified atom stereocenters. The molecule has 0 saturated carbocycles. The number of ketones is 1. The van der Waals surface area contributed by atoms with E-state index in [9.17, 15) is 9.90 Å². The summed E-state index contributed by atoms with van der Waals surface area (Å²) in [7, 11) is -2.42. The zero-order valence-electron chi connectivity index (χ0n) is 33.4. The van der Waals surface area contributed by atoms with E-state index in [1.807, 2.05) is 33.9 Å². The predicted octanol–water partition coefficient (Wildman–Crippen LogP) is 11.0.